The van der Waals surface area contributed by atoms with Crippen molar-refractivity contribution in [3.63, 3.8) is 0 Å². The lowest BCUT2D eigenvalue weighted by molar-refractivity contribution is 0.677. The lowest BCUT2D eigenvalue weighted by Gasteiger charge is -1.98. The fourth-order valence-corrected chi connectivity index (χ4v) is 1.74. The molecule has 0 N–H and O–H groups in total. The highest BCUT2D eigenvalue weighted by Gasteiger charge is 2.08. The van der Waals surface area contributed by atoms with E-state index < -0.39 is 0 Å². The zero-order valence-electron chi connectivity index (χ0n) is 6.96. The number of halogens is 2. The molecular formula is C8H7BrClN3. The second-order valence-corrected chi connectivity index (χ2v) is 3.82. The number of nitrogens with zero attached hydrogens (tertiary/aromatic N) is 3. The van der Waals surface area contributed by atoms with Crippen LogP contribution < -0.4 is 0 Å². The Labute approximate surface area is 88.8 Å². The molecule has 68 valence electrons. The molecule has 5 heteroatoms. The van der Waals surface area contributed by atoms with Gasteiger partial charge in [0.25, 0.3) is 0 Å². The number of pyridine rings is 1. The Morgan fingerprint density at radius 2 is 2.31 bits per heavy atom. The van der Waals surface area contributed by atoms with Gasteiger partial charge in [-0.2, -0.15) is 5.10 Å². The summed E-state index contributed by atoms with van der Waals surface area (Å²) in [5.74, 6) is 0. The molecule has 2 aromatic heterocycles. The molecule has 2 aromatic rings. The van der Waals surface area contributed by atoms with Crippen LogP contribution in [0.5, 0.6) is 0 Å². The molecule has 0 fully saturated rings. The van der Waals surface area contributed by atoms with Crippen LogP contribution in [0.25, 0.3) is 11.0 Å². The van der Waals surface area contributed by atoms with E-state index in [1.165, 1.54) is 0 Å². The van der Waals surface area contributed by atoms with Crippen molar-refractivity contribution in [2.45, 2.75) is 13.5 Å². The average Bonchev–Trinajstić information content (AvgIpc) is 2.55. The van der Waals surface area contributed by atoms with E-state index in [-0.39, 0.29) is 0 Å². The fourth-order valence-electron chi connectivity index (χ4n) is 1.20. The van der Waals surface area contributed by atoms with E-state index >= 15 is 0 Å². The predicted octanol–water partition coefficient (Wildman–Crippen LogP) is 2.87. The Bertz CT molecular complexity index is 452. The first kappa shape index (κ1) is 8.97. The van der Waals surface area contributed by atoms with Gasteiger partial charge in [0.05, 0.1) is 21.1 Å². The number of fused-ring (bicyclic) bond motifs is 1. The van der Waals surface area contributed by atoms with Crippen molar-refractivity contribution in [1.29, 1.82) is 0 Å². The molecule has 13 heavy (non-hydrogen) atoms. The molecule has 2 heterocycles. The van der Waals surface area contributed by atoms with Crippen LogP contribution in [0.1, 0.15) is 6.92 Å². The lowest BCUT2D eigenvalue weighted by atomic mass is 10.3. The minimum atomic E-state index is 0.614. The van der Waals surface area contributed by atoms with Crippen molar-refractivity contribution >= 4 is 38.6 Å². The molecule has 0 spiro atoms. The lowest BCUT2D eigenvalue weighted by Crippen LogP contribution is -1.96. The smallest absolute Gasteiger partial charge is 0.158 e. The van der Waals surface area contributed by atoms with Gasteiger partial charge in [0.2, 0.25) is 0 Å². The maximum Gasteiger partial charge on any atom is 0.158 e. The largest absolute Gasteiger partial charge is 0.248 e. The third kappa shape index (κ3) is 1.34. The van der Waals surface area contributed by atoms with Crippen molar-refractivity contribution < 1.29 is 0 Å². The molecule has 3 nitrogen and oxygen atoms in total. The Morgan fingerprint density at radius 1 is 1.54 bits per heavy atom. The highest BCUT2D eigenvalue weighted by atomic mass is 79.9. The van der Waals surface area contributed by atoms with Gasteiger partial charge in [-0.15, -0.1) is 0 Å². The quantitative estimate of drug-likeness (QED) is 0.789. The summed E-state index contributed by atoms with van der Waals surface area (Å²) in [4.78, 5) is 4.21. The minimum Gasteiger partial charge on any atom is -0.248 e. The zero-order chi connectivity index (χ0) is 9.42. The maximum atomic E-state index is 5.89. The van der Waals surface area contributed by atoms with E-state index in [2.05, 4.69) is 26.0 Å². The molecule has 0 bridgehead atoms. The number of hydrogen-bond donors (Lipinski definition) is 0. The molecule has 0 saturated heterocycles. The van der Waals surface area contributed by atoms with Gasteiger partial charge in [0.1, 0.15) is 0 Å². The summed E-state index contributed by atoms with van der Waals surface area (Å²) >= 11 is 9.29. The van der Waals surface area contributed by atoms with Crippen molar-refractivity contribution in [3.05, 3.63) is 21.9 Å². The zero-order valence-corrected chi connectivity index (χ0v) is 9.30. The third-order valence-corrected chi connectivity index (χ3v) is 3.23. The first-order valence-electron chi connectivity index (χ1n) is 3.89. The standard InChI is InChI=1S/C8H7BrClN3/c1-2-13-8-5(3-12-13)7(9)6(10)4-11-8/h3-4H,2H2,1H3. The fraction of sp³-hybridized carbons (Fsp3) is 0.250. The predicted molar refractivity (Wildman–Crippen MR) is 55.9 cm³/mol. The SMILES string of the molecule is CCn1ncc2c(Br)c(Cl)cnc21. The Balaban J connectivity index is 2.81. The van der Waals surface area contributed by atoms with Crippen LogP contribution >= 0.6 is 27.5 Å². The number of rotatable bonds is 1. The van der Waals surface area contributed by atoms with Gasteiger partial charge >= 0.3 is 0 Å². The van der Waals surface area contributed by atoms with Crippen molar-refractivity contribution in [2.75, 3.05) is 0 Å². The molecule has 0 aliphatic heterocycles. The van der Waals surface area contributed by atoms with Crippen LogP contribution in [0.2, 0.25) is 5.02 Å². The molecule has 0 atom stereocenters. The number of aryl methyl sites for hydroxylation is 1. The molecule has 0 radical (unpaired) electrons. The molecule has 0 amide bonds. The third-order valence-electron chi connectivity index (χ3n) is 1.86. The van der Waals surface area contributed by atoms with Crippen LogP contribution in [0.15, 0.2) is 16.9 Å². The first-order chi connectivity index (χ1) is 6.24. The van der Waals surface area contributed by atoms with Crippen LogP contribution in [-0.4, -0.2) is 14.8 Å². The summed E-state index contributed by atoms with van der Waals surface area (Å²) in [6.45, 7) is 2.83. The molecular weight excluding hydrogens is 253 g/mol. The van der Waals surface area contributed by atoms with Crippen molar-refractivity contribution in [2.24, 2.45) is 0 Å². The van der Waals surface area contributed by atoms with Crippen LogP contribution in [0, 0.1) is 0 Å². The molecule has 2 rings (SSSR count). The molecule has 0 aliphatic rings. The minimum absolute atomic E-state index is 0.614. The van der Waals surface area contributed by atoms with Crippen molar-refractivity contribution in [3.8, 4) is 0 Å². The summed E-state index contributed by atoms with van der Waals surface area (Å²) in [6, 6.07) is 0. The summed E-state index contributed by atoms with van der Waals surface area (Å²) in [5.41, 5.74) is 0.860. The topological polar surface area (TPSA) is 30.7 Å². The van der Waals surface area contributed by atoms with Crippen LogP contribution in [-0.2, 0) is 6.54 Å². The maximum absolute atomic E-state index is 5.89. The van der Waals surface area contributed by atoms with E-state index in [1.54, 1.807) is 12.4 Å². The second kappa shape index (κ2) is 3.27. The van der Waals surface area contributed by atoms with E-state index in [0.717, 1.165) is 22.1 Å². The van der Waals surface area contributed by atoms with E-state index in [1.807, 2.05) is 11.6 Å². The van der Waals surface area contributed by atoms with Gasteiger partial charge < -0.3 is 0 Å². The molecule has 0 aromatic carbocycles. The summed E-state index contributed by atoms with van der Waals surface area (Å²) in [7, 11) is 0. The van der Waals surface area contributed by atoms with E-state index in [9.17, 15) is 0 Å². The monoisotopic (exact) mass is 259 g/mol. The summed E-state index contributed by atoms with van der Waals surface area (Å²) in [5, 5.41) is 5.75. The Kier molecular flexibility index (Phi) is 2.26. The van der Waals surface area contributed by atoms with E-state index in [0.29, 0.717) is 5.02 Å². The van der Waals surface area contributed by atoms with Gasteiger partial charge in [0.15, 0.2) is 5.65 Å². The first-order valence-corrected chi connectivity index (χ1v) is 5.06. The summed E-state index contributed by atoms with van der Waals surface area (Å²) in [6.07, 6.45) is 3.39. The van der Waals surface area contributed by atoms with Crippen LogP contribution in [0.4, 0.5) is 0 Å². The van der Waals surface area contributed by atoms with Crippen LogP contribution in [0.3, 0.4) is 0 Å². The van der Waals surface area contributed by atoms with Crippen molar-refractivity contribution in [1.82, 2.24) is 14.8 Å². The van der Waals surface area contributed by atoms with Gasteiger partial charge in [-0.05, 0) is 22.9 Å². The average molecular weight is 261 g/mol. The van der Waals surface area contributed by atoms with Gasteiger partial charge in [-0.25, -0.2) is 9.67 Å². The second-order valence-electron chi connectivity index (χ2n) is 2.62. The highest BCUT2D eigenvalue weighted by Crippen LogP contribution is 2.28. The number of hydrogen-bond acceptors (Lipinski definition) is 2. The highest BCUT2D eigenvalue weighted by molar-refractivity contribution is 9.10. The van der Waals surface area contributed by atoms with E-state index in [4.69, 9.17) is 11.6 Å². The van der Waals surface area contributed by atoms with Gasteiger partial charge in [0, 0.05) is 12.7 Å². The number of aromatic nitrogens is 3. The molecule has 0 unspecified atom stereocenters. The van der Waals surface area contributed by atoms with Gasteiger partial charge in [-0.1, -0.05) is 11.6 Å². The normalized spacial score (nSPS) is 11.0. The van der Waals surface area contributed by atoms with Gasteiger partial charge in [-0.3, -0.25) is 0 Å². The summed E-state index contributed by atoms with van der Waals surface area (Å²) < 4.78 is 2.69. The Hall–Kier alpha value is -0.610. The molecule has 0 saturated carbocycles. The Morgan fingerprint density at radius 3 is 3.00 bits per heavy atom. The molecule has 0 aliphatic carbocycles.